The van der Waals surface area contributed by atoms with Gasteiger partial charge in [0.05, 0.1) is 6.10 Å². The van der Waals surface area contributed by atoms with E-state index in [0.29, 0.717) is 0 Å². The topological polar surface area (TPSA) is 9.23 Å². The van der Waals surface area contributed by atoms with Gasteiger partial charge in [0.1, 0.15) is 6.10 Å². The second-order valence-electron chi connectivity index (χ2n) is 7.28. The van der Waals surface area contributed by atoms with Crippen molar-refractivity contribution in [2.75, 3.05) is 0 Å². The summed E-state index contributed by atoms with van der Waals surface area (Å²) >= 11 is 0. The average Bonchev–Trinajstić information content (AvgIpc) is 2.80. The number of hydrogen-bond acceptors (Lipinski definition) is 1. The van der Waals surface area contributed by atoms with E-state index in [2.05, 4.69) is 115 Å². The summed E-state index contributed by atoms with van der Waals surface area (Å²) in [5.74, 6) is 0.166. The van der Waals surface area contributed by atoms with E-state index < -0.39 is 0 Å². The molecule has 1 heteroatoms. The molecule has 0 fully saturated rings. The maximum absolute atomic E-state index is 6.85. The standard InChI is InChI=1S/C27H22O/c1-4-12-20(13-5-1)25-23-18-10-11-19-24(23)26(21-14-6-2-7-15-21)28-27(25)22-16-8-3-9-17-22/h1-19,25-27H/t25-,26-,27-/m0/s1. The third-order valence-corrected chi connectivity index (χ3v) is 5.59. The first-order valence-electron chi connectivity index (χ1n) is 9.81. The molecule has 0 amide bonds. The van der Waals surface area contributed by atoms with Gasteiger partial charge in [0, 0.05) is 5.92 Å². The Balaban J connectivity index is 1.71. The van der Waals surface area contributed by atoms with Crippen LogP contribution in [0.25, 0.3) is 0 Å². The summed E-state index contributed by atoms with van der Waals surface area (Å²) in [5, 5.41) is 0. The minimum atomic E-state index is -0.0671. The van der Waals surface area contributed by atoms with E-state index >= 15 is 0 Å². The first-order chi connectivity index (χ1) is 13.9. The molecule has 1 nitrogen and oxygen atoms in total. The van der Waals surface area contributed by atoms with Crippen LogP contribution in [0, 0.1) is 0 Å². The fourth-order valence-electron chi connectivity index (χ4n) is 4.31. The van der Waals surface area contributed by atoms with E-state index in [1.54, 1.807) is 0 Å². The smallest absolute Gasteiger partial charge is 0.109 e. The lowest BCUT2D eigenvalue weighted by Crippen LogP contribution is -2.26. The van der Waals surface area contributed by atoms with Gasteiger partial charge in [0.2, 0.25) is 0 Å². The minimum Gasteiger partial charge on any atom is -0.360 e. The van der Waals surface area contributed by atoms with Gasteiger partial charge in [-0.25, -0.2) is 0 Å². The zero-order valence-corrected chi connectivity index (χ0v) is 15.6. The summed E-state index contributed by atoms with van der Waals surface area (Å²) in [6, 6.07) is 40.6. The van der Waals surface area contributed by atoms with Gasteiger partial charge in [-0.2, -0.15) is 0 Å². The molecule has 4 aromatic rings. The maximum Gasteiger partial charge on any atom is 0.109 e. The third kappa shape index (κ3) is 3.04. The lowest BCUT2D eigenvalue weighted by Gasteiger charge is -2.39. The van der Waals surface area contributed by atoms with Crippen molar-refractivity contribution in [2.24, 2.45) is 0 Å². The Morgan fingerprint density at radius 3 is 1.50 bits per heavy atom. The van der Waals surface area contributed by atoms with Crippen LogP contribution >= 0.6 is 0 Å². The van der Waals surface area contributed by atoms with Gasteiger partial charge >= 0.3 is 0 Å². The number of benzene rings is 4. The number of hydrogen-bond donors (Lipinski definition) is 0. The van der Waals surface area contributed by atoms with Crippen molar-refractivity contribution in [3.05, 3.63) is 143 Å². The fraction of sp³-hybridized carbons (Fsp3) is 0.111. The van der Waals surface area contributed by atoms with E-state index in [1.165, 1.54) is 27.8 Å². The van der Waals surface area contributed by atoms with Gasteiger partial charge in [0.15, 0.2) is 0 Å². The van der Waals surface area contributed by atoms with Gasteiger partial charge in [-0.05, 0) is 27.8 Å². The summed E-state index contributed by atoms with van der Waals surface area (Å²) in [5.41, 5.74) is 6.31. The second-order valence-corrected chi connectivity index (χ2v) is 7.28. The van der Waals surface area contributed by atoms with Crippen molar-refractivity contribution in [1.82, 2.24) is 0 Å². The molecule has 0 aliphatic carbocycles. The van der Waals surface area contributed by atoms with Crippen LogP contribution < -0.4 is 0 Å². The molecule has 1 aliphatic rings. The average molecular weight is 362 g/mol. The zero-order chi connectivity index (χ0) is 18.8. The largest absolute Gasteiger partial charge is 0.360 e. The van der Waals surface area contributed by atoms with Crippen molar-refractivity contribution in [2.45, 2.75) is 18.1 Å². The minimum absolute atomic E-state index is 0.0382. The summed E-state index contributed by atoms with van der Waals surface area (Å²) in [4.78, 5) is 0. The Morgan fingerprint density at radius 1 is 0.429 bits per heavy atom. The molecule has 4 aromatic carbocycles. The van der Waals surface area contributed by atoms with Crippen LogP contribution in [0.3, 0.4) is 0 Å². The van der Waals surface area contributed by atoms with Crippen LogP contribution in [0.5, 0.6) is 0 Å². The Kier molecular flexibility index (Phi) is 4.52. The van der Waals surface area contributed by atoms with Gasteiger partial charge in [0.25, 0.3) is 0 Å². The lowest BCUT2D eigenvalue weighted by molar-refractivity contribution is -0.0165. The first-order valence-corrected chi connectivity index (χ1v) is 9.81. The van der Waals surface area contributed by atoms with Crippen LogP contribution in [0.4, 0.5) is 0 Å². The van der Waals surface area contributed by atoms with Crippen molar-refractivity contribution in [1.29, 1.82) is 0 Å². The summed E-state index contributed by atoms with van der Waals surface area (Å²) in [7, 11) is 0. The van der Waals surface area contributed by atoms with Crippen molar-refractivity contribution < 1.29 is 4.74 Å². The molecule has 1 aliphatic heterocycles. The molecule has 0 aromatic heterocycles. The highest BCUT2D eigenvalue weighted by Crippen LogP contribution is 2.50. The van der Waals surface area contributed by atoms with E-state index in [9.17, 15) is 0 Å². The molecule has 0 bridgehead atoms. The highest BCUT2D eigenvalue weighted by Gasteiger charge is 2.37. The van der Waals surface area contributed by atoms with Crippen molar-refractivity contribution in [3.63, 3.8) is 0 Å². The molecule has 1 heterocycles. The molecule has 28 heavy (non-hydrogen) atoms. The van der Waals surface area contributed by atoms with Gasteiger partial charge in [-0.15, -0.1) is 0 Å². The molecule has 0 N–H and O–H groups in total. The molecule has 136 valence electrons. The molecule has 0 radical (unpaired) electrons. The lowest BCUT2D eigenvalue weighted by atomic mass is 9.77. The Hall–Kier alpha value is -3.16. The quantitative estimate of drug-likeness (QED) is 0.395. The monoisotopic (exact) mass is 362 g/mol. The normalized spacial score (nSPS) is 21.1. The Labute approximate surface area is 166 Å². The molecule has 0 spiro atoms. The number of rotatable bonds is 3. The van der Waals surface area contributed by atoms with Crippen LogP contribution in [-0.4, -0.2) is 0 Å². The van der Waals surface area contributed by atoms with E-state index in [-0.39, 0.29) is 18.1 Å². The Bertz CT molecular complexity index is 1040. The maximum atomic E-state index is 6.85. The van der Waals surface area contributed by atoms with Crippen LogP contribution in [0.15, 0.2) is 115 Å². The number of ether oxygens (including phenoxy) is 1. The molecule has 0 unspecified atom stereocenters. The van der Waals surface area contributed by atoms with E-state index in [1.807, 2.05) is 0 Å². The molecule has 0 saturated carbocycles. The number of fused-ring (bicyclic) bond motifs is 1. The fourth-order valence-corrected chi connectivity index (χ4v) is 4.31. The zero-order valence-electron chi connectivity index (χ0n) is 15.6. The third-order valence-electron chi connectivity index (χ3n) is 5.59. The van der Waals surface area contributed by atoms with Crippen LogP contribution in [0.2, 0.25) is 0 Å². The Morgan fingerprint density at radius 2 is 0.893 bits per heavy atom. The van der Waals surface area contributed by atoms with Crippen molar-refractivity contribution >= 4 is 0 Å². The van der Waals surface area contributed by atoms with Gasteiger partial charge in [-0.1, -0.05) is 115 Å². The van der Waals surface area contributed by atoms with Crippen LogP contribution in [-0.2, 0) is 4.74 Å². The SMILES string of the molecule is c1ccc([C@@H]2O[C@@H](c3ccccc3)[C@@H](c3ccccc3)c3ccccc32)cc1. The highest BCUT2D eigenvalue weighted by atomic mass is 16.5. The predicted octanol–water partition coefficient (Wildman–Crippen LogP) is 6.68. The van der Waals surface area contributed by atoms with Crippen LogP contribution in [0.1, 0.15) is 45.9 Å². The van der Waals surface area contributed by atoms with E-state index in [4.69, 9.17) is 4.74 Å². The van der Waals surface area contributed by atoms with E-state index in [0.717, 1.165) is 0 Å². The summed E-state index contributed by atoms with van der Waals surface area (Å²) < 4.78 is 6.85. The summed E-state index contributed by atoms with van der Waals surface area (Å²) in [6.45, 7) is 0. The molecular weight excluding hydrogens is 340 g/mol. The molecule has 0 saturated heterocycles. The summed E-state index contributed by atoms with van der Waals surface area (Å²) in [6.07, 6.45) is -0.105. The van der Waals surface area contributed by atoms with Gasteiger partial charge < -0.3 is 4.74 Å². The first kappa shape index (κ1) is 17.0. The molecule has 3 atom stereocenters. The second kappa shape index (κ2) is 7.46. The molecule has 5 rings (SSSR count). The van der Waals surface area contributed by atoms with Crippen molar-refractivity contribution in [3.8, 4) is 0 Å². The highest BCUT2D eigenvalue weighted by molar-refractivity contribution is 5.47. The predicted molar refractivity (Wildman–Crippen MR) is 113 cm³/mol. The van der Waals surface area contributed by atoms with Gasteiger partial charge in [-0.3, -0.25) is 0 Å². The molecular formula is C27H22O.